The Kier molecular flexibility index (Phi) is 3.80. The number of hydrogen-bond donors (Lipinski definition) is 1. The molecule has 2 aromatic heterocycles. The summed E-state index contributed by atoms with van der Waals surface area (Å²) >= 11 is 0. The molecule has 0 radical (unpaired) electrons. The smallest absolute Gasteiger partial charge is 0.339 e. The number of carbonyl (C=O) groups excluding carboxylic acids is 2. The predicted molar refractivity (Wildman–Crippen MR) is 83.5 cm³/mol. The van der Waals surface area contributed by atoms with Crippen LogP contribution in [-0.2, 0) is 9.53 Å². The summed E-state index contributed by atoms with van der Waals surface area (Å²) < 4.78 is 10.4. The molecule has 116 valence electrons. The van der Waals surface area contributed by atoms with Crippen LogP contribution in [0.2, 0.25) is 0 Å². The molecular formula is C17H14N2O4. The lowest BCUT2D eigenvalue weighted by Crippen LogP contribution is -2.30. The van der Waals surface area contributed by atoms with Gasteiger partial charge in [0.1, 0.15) is 5.69 Å². The summed E-state index contributed by atoms with van der Waals surface area (Å²) in [7, 11) is 0. The lowest BCUT2D eigenvalue weighted by molar-refractivity contribution is -0.125. The maximum absolute atomic E-state index is 12.4. The highest BCUT2D eigenvalue weighted by atomic mass is 16.5. The van der Waals surface area contributed by atoms with Crippen LogP contribution in [0.1, 0.15) is 17.3 Å². The van der Waals surface area contributed by atoms with Crippen LogP contribution in [-0.4, -0.2) is 23.0 Å². The second-order valence-corrected chi connectivity index (χ2v) is 5.00. The van der Waals surface area contributed by atoms with E-state index in [2.05, 4.69) is 4.98 Å². The largest absolute Gasteiger partial charge is 0.463 e. The van der Waals surface area contributed by atoms with Gasteiger partial charge in [-0.1, -0.05) is 18.2 Å². The average Bonchev–Trinajstić information content (AvgIpc) is 3.08. The molecule has 6 nitrogen and oxygen atoms in total. The number of benzene rings is 1. The number of carbonyl (C=O) groups is 2. The summed E-state index contributed by atoms with van der Waals surface area (Å²) in [6.07, 6.45) is 0.515. The zero-order chi connectivity index (χ0) is 16.4. The minimum Gasteiger partial charge on any atom is -0.463 e. The summed E-state index contributed by atoms with van der Waals surface area (Å²) in [5, 5.41) is 0.629. The topological polar surface area (TPSA) is 95.4 Å². The number of nitrogens with zero attached hydrogens (tertiary/aromatic N) is 1. The van der Waals surface area contributed by atoms with Crippen molar-refractivity contribution in [3.05, 3.63) is 54.3 Å². The van der Waals surface area contributed by atoms with Gasteiger partial charge >= 0.3 is 5.97 Å². The highest BCUT2D eigenvalue weighted by Crippen LogP contribution is 2.25. The SMILES string of the molecule is CC(OC(=O)c1cc(-c2ccco2)nc2ccccc12)C(N)=O. The van der Waals surface area contributed by atoms with Gasteiger partial charge in [0, 0.05) is 5.39 Å². The van der Waals surface area contributed by atoms with E-state index in [4.69, 9.17) is 14.9 Å². The van der Waals surface area contributed by atoms with Crippen molar-refractivity contribution in [1.82, 2.24) is 4.98 Å². The molecule has 1 atom stereocenters. The monoisotopic (exact) mass is 310 g/mol. The van der Waals surface area contributed by atoms with Crippen LogP contribution in [0, 0.1) is 0 Å². The van der Waals surface area contributed by atoms with Gasteiger partial charge in [0.15, 0.2) is 11.9 Å². The number of fused-ring (bicyclic) bond motifs is 1. The van der Waals surface area contributed by atoms with E-state index < -0.39 is 18.0 Å². The third-order valence-electron chi connectivity index (χ3n) is 3.39. The zero-order valence-electron chi connectivity index (χ0n) is 12.4. The molecule has 0 bridgehead atoms. The first-order chi connectivity index (χ1) is 11.1. The molecule has 1 aromatic carbocycles. The van der Waals surface area contributed by atoms with Gasteiger partial charge in [-0.15, -0.1) is 0 Å². The van der Waals surface area contributed by atoms with Crippen molar-refractivity contribution in [2.24, 2.45) is 5.73 Å². The van der Waals surface area contributed by atoms with Crippen molar-refractivity contribution in [3.8, 4) is 11.5 Å². The summed E-state index contributed by atoms with van der Waals surface area (Å²) in [5.74, 6) is -0.807. The molecular weight excluding hydrogens is 296 g/mol. The minimum absolute atomic E-state index is 0.301. The number of rotatable bonds is 4. The van der Waals surface area contributed by atoms with E-state index in [9.17, 15) is 9.59 Å². The highest BCUT2D eigenvalue weighted by Gasteiger charge is 2.20. The van der Waals surface area contributed by atoms with E-state index in [1.165, 1.54) is 13.2 Å². The normalized spacial score (nSPS) is 12.0. The first kappa shape index (κ1) is 14.8. The Bertz CT molecular complexity index is 871. The van der Waals surface area contributed by atoms with Gasteiger partial charge in [-0.05, 0) is 31.2 Å². The van der Waals surface area contributed by atoms with Gasteiger partial charge < -0.3 is 14.9 Å². The molecule has 1 unspecified atom stereocenters. The molecule has 2 heterocycles. The van der Waals surface area contributed by atoms with E-state index in [1.807, 2.05) is 6.07 Å². The maximum atomic E-state index is 12.4. The number of amides is 1. The molecule has 3 aromatic rings. The fourth-order valence-corrected chi connectivity index (χ4v) is 2.18. The second kappa shape index (κ2) is 5.92. The van der Waals surface area contributed by atoms with Gasteiger partial charge in [0.25, 0.3) is 5.91 Å². The van der Waals surface area contributed by atoms with Gasteiger partial charge in [0.05, 0.1) is 17.3 Å². The van der Waals surface area contributed by atoms with Crippen LogP contribution in [0.4, 0.5) is 0 Å². The van der Waals surface area contributed by atoms with E-state index in [-0.39, 0.29) is 0 Å². The van der Waals surface area contributed by atoms with Crippen LogP contribution < -0.4 is 5.73 Å². The van der Waals surface area contributed by atoms with E-state index in [1.54, 1.807) is 36.4 Å². The molecule has 2 N–H and O–H groups in total. The van der Waals surface area contributed by atoms with Crippen LogP contribution >= 0.6 is 0 Å². The first-order valence-electron chi connectivity index (χ1n) is 7.00. The summed E-state index contributed by atoms with van der Waals surface area (Å²) in [6, 6.07) is 12.2. The summed E-state index contributed by atoms with van der Waals surface area (Å²) in [6.45, 7) is 1.43. The number of pyridine rings is 1. The third kappa shape index (κ3) is 2.91. The Hall–Kier alpha value is -3.15. The van der Waals surface area contributed by atoms with Crippen LogP contribution in [0.5, 0.6) is 0 Å². The molecule has 1 amide bonds. The molecule has 0 aliphatic heterocycles. The fraction of sp³-hybridized carbons (Fsp3) is 0.118. The van der Waals surface area contributed by atoms with Crippen LogP contribution in [0.3, 0.4) is 0 Å². The Balaban J connectivity index is 2.10. The molecule has 23 heavy (non-hydrogen) atoms. The Morgan fingerprint density at radius 2 is 2.00 bits per heavy atom. The van der Waals surface area contributed by atoms with Gasteiger partial charge in [-0.2, -0.15) is 0 Å². The van der Waals surface area contributed by atoms with Crippen LogP contribution in [0.25, 0.3) is 22.4 Å². The first-order valence-corrected chi connectivity index (χ1v) is 7.00. The van der Waals surface area contributed by atoms with Crippen molar-refractivity contribution in [3.63, 3.8) is 0 Å². The maximum Gasteiger partial charge on any atom is 0.339 e. The summed E-state index contributed by atoms with van der Waals surface area (Å²) in [5.41, 5.74) is 6.57. The van der Waals surface area contributed by atoms with E-state index >= 15 is 0 Å². The number of aromatic nitrogens is 1. The molecule has 0 saturated carbocycles. The molecule has 0 spiro atoms. The number of esters is 1. The average molecular weight is 310 g/mol. The molecule has 0 saturated heterocycles. The molecule has 0 fully saturated rings. The molecule has 3 rings (SSSR count). The summed E-state index contributed by atoms with van der Waals surface area (Å²) in [4.78, 5) is 28.0. The highest BCUT2D eigenvalue weighted by molar-refractivity contribution is 6.05. The van der Waals surface area contributed by atoms with Crippen molar-refractivity contribution in [2.75, 3.05) is 0 Å². The Morgan fingerprint density at radius 3 is 2.70 bits per heavy atom. The molecule has 0 aliphatic carbocycles. The van der Waals surface area contributed by atoms with Crippen molar-refractivity contribution in [1.29, 1.82) is 0 Å². The van der Waals surface area contributed by atoms with E-state index in [0.717, 1.165) is 0 Å². The molecule has 0 aliphatic rings. The number of furan rings is 1. The van der Waals surface area contributed by atoms with Crippen LogP contribution in [0.15, 0.2) is 53.1 Å². The third-order valence-corrected chi connectivity index (χ3v) is 3.39. The lowest BCUT2D eigenvalue weighted by atomic mass is 10.1. The Labute approximate surface area is 131 Å². The van der Waals surface area contributed by atoms with Gasteiger partial charge in [-0.3, -0.25) is 4.79 Å². The number of ether oxygens (including phenoxy) is 1. The second-order valence-electron chi connectivity index (χ2n) is 5.00. The van der Waals surface area contributed by atoms with Crippen molar-refractivity contribution in [2.45, 2.75) is 13.0 Å². The number of nitrogens with two attached hydrogens (primary N) is 1. The zero-order valence-corrected chi connectivity index (χ0v) is 12.4. The van der Waals surface area contributed by atoms with Gasteiger partial charge in [-0.25, -0.2) is 9.78 Å². The predicted octanol–water partition coefficient (Wildman–Crippen LogP) is 2.53. The van der Waals surface area contributed by atoms with Crippen molar-refractivity contribution >= 4 is 22.8 Å². The van der Waals surface area contributed by atoms with Gasteiger partial charge in [0.2, 0.25) is 0 Å². The van der Waals surface area contributed by atoms with Crippen molar-refractivity contribution < 1.29 is 18.7 Å². The minimum atomic E-state index is -1.01. The quantitative estimate of drug-likeness (QED) is 0.747. The Morgan fingerprint density at radius 1 is 1.22 bits per heavy atom. The fourth-order valence-electron chi connectivity index (χ4n) is 2.18. The number of hydrogen-bond acceptors (Lipinski definition) is 5. The lowest BCUT2D eigenvalue weighted by Gasteiger charge is -2.12. The number of primary amides is 1. The van der Waals surface area contributed by atoms with E-state index in [0.29, 0.717) is 27.9 Å². The standard InChI is InChI=1S/C17H14N2O4/c1-10(16(18)20)23-17(21)12-9-14(15-7-4-8-22-15)19-13-6-3-2-5-11(12)13/h2-10H,1H3,(H2,18,20). The molecule has 6 heteroatoms. The number of para-hydroxylation sites is 1.